The number of benzene rings is 7. The summed E-state index contributed by atoms with van der Waals surface area (Å²) in [5.74, 6) is 1.29. The van der Waals surface area contributed by atoms with Gasteiger partial charge in [0.25, 0.3) is 0 Å². The summed E-state index contributed by atoms with van der Waals surface area (Å²) < 4.78 is 341. The van der Waals surface area contributed by atoms with E-state index in [2.05, 4.69) is 93.6 Å². The molecule has 0 fully saturated rings. The third-order valence-corrected chi connectivity index (χ3v) is 12.5. The molecule has 0 atom stereocenters. The summed E-state index contributed by atoms with van der Waals surface area (Å²) in [4.78, 5) is 0. The van der Waals surface area contributed by atoms with Gasteiger partial charge in [-0.25, -0.2) is 0 Å². The van der Waals surface area contributed by atoms with Crippen LogP contribution in [0.4, 0.5) is 105 Å². The van der Waals surface area contributed by atoms with Crippen LogP contribution in [0.2, 0.25) is 0 Å². The molecule has 0 bridgehead atoms. The van der Waals surface area contributed by atoms with Crippen LogP contribution in [0.15, 0.2) is 146 Å². The number of halogens is 24. The molecule has 79 heavy (non-hydrogen) atoms. The van der Waals surface area contributed by atoms with Gasteiger partial charge in [-0.05, 0) is 135 Å². The van der Waals surface area contributed by atoms with Gasteiger partial charge in [-0.3, -0.25) is 0 Å². The van der Waals surface area contributed by atoms with Crippen LogP contribution in [0.25, 0.3) is 0 Å². The molecule has 420 valence electrons. The van der Waals surface area contributed by atoms with Crippen molar-refractivity contribution < 1.29 is 105 Å². The van der Waals surface area contributed by atoms with E-state index in [1.165, 1.54) is 39.3 Å². The number of rotatable bonds is 7. The molecule has 0 spiro atoms. The molecule has 25 heteroatoms. The fourth-order valence-corrected chi connectivity index (χ4v) is 8.73. The largest absolute Gasteiger partial charge is 0.416 e. The van der Waals surface area contributed by atoms with E-state index in [1.807, 2.05) is 0 Å². The van der Waals surface area contributed by atoms with Gasteiger partial charge in [-0.2, -0.15) is 127 Å². The van der Waals surface area contributed by atoms with Gasteiger partial charge in [-0.1, -0.05) is 48.5 Å². The van der Waals surface area contributed by atoms with Crippen LogP contribution in [0.1, 0.15) is 77.9 Å². The van der Waals surface area contributed by atoms with Crippen molar-refractivity contribution in [3.05, 3.63) is 229 Å². The minimum absolute atomic E-state index is 0.691. The van der Waals surface area contributed by atoms with E-state index in [9.17, 15) is 105 Å². The van der Waals surface area contributed by atoms with E-state index in [0.29, 0.717) is 0 Å². The van der Waals surface area contributed by atoms with Crippen LogP contribution in [0, 0.1) is 26.7 Å². The van der Waals surface area contributed by atoms with E-state index in [0.717, 1.165) is 0 Å². The van der Waals surface area contributed by atoms with E-state index in [4.69, 9.17) is 0 Å². The molecule has 0 unspecified atom stereocenters. The van der Waals surface area contributed by atoms with E-state index in [1.54, 1.807) is 0 Å². The lowest BCUT2D eigenvalue weighted by Gasteiger charge is -2.46. The molecule has 0 aliphatic heterocycles. The van der Waals surface area contributed by atoms with Gasteiger partial charge in [0.15, 0.2) is 0 Å². The van der Waals surface area contributed by atoms with E-state index >= 15 is 0 Å². The molecule has 0 aromatic heterocycles. The molecular formula is C54H33BF24. The molecule has 0 N–H and O–H groups in total. The average Bonchev–Trinajstić information content (AvgIpc) is 3.31. The Morgan fingerprint density at radius 1 is 0.228 bits per heavy atom. The van der Waals surface area contributed by atoms with Gasteiger partial charge in [0.05, 0.1) is 67.1 Å². The van der Waals surface area contributed by atoms with Gasteiger partial charge in [0.1, 0.15) is 6.15 Å². The predicted molar refractivity (Wildman–Crippen MR) is 244 cm³/mol. The molecule has 7 rings (SSSR count). The third-order valence-electron chi connectivity index (χ3n) is 12.5. The lowest BCUT2D eigenvalue weighted by Crippen LogP contribution is -2.75. The van der Waals surface area contributed by atoms with E-state index < -0.39 is 195 Å². The van der Waals surface area contributed by atoms with E-state index in [-0.39, 0.29) is 0 Å². The number of aryl methyl sites for hydroxylation is 3. The molecule has 0 aliphatic carbocycles. The van der Waals surface area contributed by atoms with Crippen molar-refractivity contribution in [3.63, 3.8) is 0 Å². The van der Waals surface area contributed by atoms with Crippen molar-refractivity contribution in [1.29, 1.82) is 0 Å². The summed E-state index contributed by atoms with van der Waals surface area (Å²) in [6.07, 6.45) is -54.8. The maximum atomic E-state index is 14.2. The molecule has 7 aromatic rings. The second-order valence-electron chi connectivity index (χ2n) is 18.2. The Bertz CT molecular complexity index is 2730. The van der Waals surface area contributed by atoms with Crippen LogP contribution in [-0.4, -0.2) is 6.15 Å². The maximum Gasteiger partial charge on any atom is 0.416 e. The first kappa shape index (κ1) is 61.0. The summed E-state index contributed by atoms with van der Waals surface area (Å²) in [5, 5.41) is 0. The van der Waals surface area contributed by atoms with Gasteiger partial charge < -0.3 is 0 Å². The quantitative estimate of drug-likeness (QED) is 0.0646. The summed E-state index contributed by atoms with van der Waals surface area (Å²) in [7, 11) is 0. The standard InChI is InChI=1S/C32H12BF24.C22H21/c34-25(35,36)13-1-14(26(37,38)39)6-21(5-13)33(22-7-15(27(40,41)42)2-16(8-22)28(43,44)45,23-9-17(29(46,47)48)3-18(10-23)30(49,50)51)24-11-19(31(52,53)54)4-20(12-24)32(55,56)57;1-16-4-10-19(11-5-16)22(20-12-6-17(2)7-13-20)21-14-8-18(3)9-15-21/h1-12H;4-15H,1-3H3/q-1;+1. The number of hydrogen-bond acceptors (Lipinski definition) is 0. The number of hydrogen-bond donors (Lipinski definition) is 0. The zero-order valence-corrected chi connectivity index (χ0v) is 40.0. The lowest BCUT2D eigenvalue weighted by molar-refractivity contribution is -0.144. The Balaban J connectivity index is 0.000000378. The predicted octanol–water partition coefficient (Wildman–Crippen LogP) is 16.8. The summed E-state index contributed by atoms with van der Waals surface area (Å²) in [6.45, 7) is 6.38. The highest BCUT2D eigenvalue weighted by molar-refractivity contribution is 7.20. The van der Waals surface area contributed by atoms with Crippen molar-refractivity contribution in [2.75, 3.05) is 0 Å². The Kier molecular flexibility index (Phi) is 16.3. The van der Waals surface area contributed by atoms with Crippen LogP contribution in [0.3, 0.4) is 0 Å². The lowest BCUT2D eigenvalue weighted by atomic mass is 9.12. The summed E-state index contributed by atoms with van der Waals surface area (Å²) in [5.41, 5.74) is -22.6. The maximum absolute atomic E-state index is 14.2. The Morgan fingerprint density at radius 2 is 0.367 bits per heavy atom. The molecule has 0 radical (unpaired) electrons. The molecule has 0 saturated heterocycles. The van der Waals surface area contributed by atoms with Crippen LogP contribution < -0.4 is 21.9 Å². The topological polar surface area (TPSA) is 0 Å². The normalized spacial score (nSPS) is 13.3. The minimum atomic E-state index is -6.13. The van der Waals surface area contributed by atoms with Gasteiger partial charge in [0.2, 0.25) is 0 Å². The van der Waals surface area contributed by atoms with Crippen LogP contribution in [0.5, 0.6) is 0 Å². The molecule has 0 nitrogen and oxygen atoms in total. The summed E-state index contributed by atoms with van der Waals surface area (Å²) in [6, 6.07) is 17.5. The second-order valence-corrected chi connectivity index (χ2v) is 18.2. The molecular weight excluding hydrogens is 1120 g/mol. The smallest absolute Gasteiger partial charge is 0.194 e. The van der Waals surface area contributed by atoms with Crippen molar-refractivity contribution in [1.82, 2.24) is 0 Å². The molecule has 0 saturated carbocycles. The van der Waals surface area contributed by atoms with Crippen molar-refractivity contribution >= 4 is 28.0 Å². The monoisotopic (exact) mass is 1150 g/mol. The van der Waals surface area contributed by atoms with Gasteiger partial charge in [-0.15, -0.1) is 0 Å². The zero-order chi connectivity index (χ0) is 59.4. The van der Waals surface area contributed by atoms with Crippen LogP contribution in [-0.2, 0) is 49.4 Å². The highest BCUT2D eigenvalue weighted by Crippen LogP contribution is 2.42. The highest BCUT2D eigenvalue weighted by atomic mass is 19.4. The van der Waals surface area contributed by atoms with Gasteiger partial charge >= 0.3 is 49.4 Å². The molecule has 0 amide bonds. The SMILES string of the molecule is Cc1ccc([C+](c2ccc(C)cc2)c2ccc(C)cc2)cc1.FC(F)(F)c1cc([B-](c2cc(C(F)(F)F)cc(C(F)(F)F)c2)(c2cc(C(F)(F)F)cc(C(F)(F)F)c2)c2cc(C(F)(F)F)cc(C(F)(F)F)c2)cc(C(F)(F)F)c1. The average molecular weight is 1150 g/mol. The van der Waals surface area contributed by atoms with Crippen molar-refractivity contribution in [2.24, 2.45) is 0 Å². The Hall–Kier alpha value is -7.21. The first-order chi connectivity index (χ1) is 35.9. The van der Waals surface area contributed by atoms with Crippen molar-refractivity contribution in [3.8, 4) is 0 Å². The summed E-state index contributed by atoms with van der Waals surface area (Å²) >= 11 is 0. The minimum Gasteiger partial charge on any atom is -0.194 e. The highest BCUT2D eigenvalue weighted by Gasteiger charge is 2.47. The Labute approximate surface area is 432 Å². The number of alkyl halides is 24. The molecule has 7 aromatic carbocycles. The molecule has 0 aliphatic rings. The zero-order valence-electron chi connectivity index (χ0n) is 40.0. The van der Waals surface area contributed by atoms with Crippen molar-refractivity contribution in [2.45, 2.75) is 70.2 Å². The third kappa shape index (κ3) is 14.0. The second kappa shape index (κ2) is 21.1. The Morgan fingerprint density at radius 3 is 0.494 bits per heavy atom. The van der Waals surface area contributed by atoms with Gasteiger partial charge in [0, 0.05) is 0 Å². The first-order valence-corrected chi connectivity index (χ1v) is 22.3. The fourth-order valence-electron chi connectivity index (χ4n) is 8.73. The first-order valence-electron chi connectivity index (χ1n) is 22.3. The molecule has 0 heterocycles. The van der Waals surface area contributed by atoms with Crippen LogP contribution >= 0.6 is 0 Å². The fraction of sp³-hybridized carbons (Fsp3) is 0.204.